The fourth-order valence-corrected chi connectivity index (χ4v) is 2.58. The summed E-state index contributed by atoms with van der Waals surface area (Å²) >= 11 is 0. The molecule has 23 heavy (non-hydrogen) atoms. The minimum absolute atomic E-state index is 0.0704. The van der Waals surface area contributed by atoms with Crippen molar-refractivity contribution in [3.63, 3.8) is 0 Å². The number of anilines is 1. The van der Waals surface area contributed by atoms with Crippen molar-refractivity contribution in [3.8, 4) is 0 Å². The third-order valence-electron chi connectivity index (χ3n) is 3.82. The lowest BCUT2D eigenvalue weighted by molar-refractivity contribution is -0.121. The average Bonchev–Trinajstić information content (AvgIpc) is 2.53. The maximum absolute atomic E-state index is 12.0. The fraction of sp³-hybridized carbons (Fsp3) is 0.350. The van der Waals surface area contributed by atoms with Crippen molar-refractivity contribution < 1.29 is 4.79 Å². The van der Waals surface area contributed by atoms with Gasteiger partial charge in [0.25, 0.3) is 0 Å². The second-order valence-electron chi connectivity index (χ2n) is 6.18. The standard InChI is InChI=1S/C20H26N2O/c1-15(2)18-9-4-5-10-19(18)21-12-11-20(23)22-14-17-8-6-7-16(3)13-17/h4-10,13,15,21H,11-12,14H2,1-3H3,(H,22,23). The Morgan fingerprint density at radius 1 is 1.09 bits per heavy atom. The molecule has 0 aliphatic heterocycles. The number of aryl methyl sites for hydroxylation is 1. The first-order valence-corrected chi connectivity index (χ1v) is 8.21. The predicted octanol–water partition coefficient (Wildman–Crippen LogP) is 4.24. The smallest absolute Gasteiger partial charge is 0.222 e. The largest absolute Gasteiger partial charge is 0.384 e. The molecule has 0 saturated carbocycles. The van der Waals surface area contributed by atoms with E-state index in [2.05, 4.69) is 61.7 Å². The second kappa shape index (κ2) is 8.37. The molecule has 2 aromatic rings. The molecule has 0 atom stereocenters. The van der Waals surface area contributed by atoms with E-state index in [0.29, 0.717) is 25.4 Å². The van der Waals surface area contributed by atoms with Gasteiger partial charge in [0.2, 0.25) is 5.91 Å². The van der Waals surface area contributed by atoms with Gasteiger partial charge in [-0.2, -0.15) is 0 Å². The van der Waals surface area contributed by atoms with Crippen LogP contribution in [0.3, 0.4) is 0 Å². The van der Waals surface area contributed by atoms with E-state index < -0.39 is 0 Å². The molecule has 0 unspecified atom stereocenters. The van der Waals surface area contributed by atoms with Crippen LogP contribution in [-0.2, 0) is 11.3 Å². The van der Waals surface area contributed by atoms with Crippen molar-refractivity contribution in [2.75, 3.05) is 11.9 Å². The normalized spacial score (nSPS) is 10.6. The van der Waals surface area contributed by atoms with E-state index in [0.717, 1.165) is 11.3 Å². The highest BCUT2D eigenvalue weighted by molar-refractivity contribution is 5.76. The summed E-state index contributed by atoms with van der Waals surface area (Å²) in [6, 6.07) is 16.5. The molecule has 3 heteroatoms. The van der Waals surface area contributed by atoms with E-state index in [1.165, 1.54) is 11.1 Å². The highest BCUT2D eigenvalue weighted by atomic mass is 16.1. The van der Waals surface area contributed by atoms with Crippen LogP contribution >= 0.6 is 0 Å². The lowest BCUT2D eigenvalue weighted by atomic mass is 10.0. The van der Waals surface area contributed by atoms with Crippen LogP contribution in [0.2, 0.25) is 0 Å². The van der Waals surface area contributed by atoms with Gasteiger partial charge < -0.3 is 10.6 Å². The topological polar surface area (TPSA) is 41.1 Å². The average molecular weight is 310 g/mol. The summed E-state index contributed by atoms with van der Waals surface area (Å²) in [4.78, 5) is 12.0. The zero-order chi connectivity index (χ0) is 16.7. The van der Waals surface area contributed by atoms with E-state index in [4.69, 9.17) is 0 Å². The monoisotopic (exact) mass is 310 g/mol. The van der Waals surface area contributed by atoms with E-state index >= 15 is 0 Å². The number of carbonyl (C=O) groups is 1. The molecular formula is C20H26N2O. The van der Waals surface area contributed by atoms with Crippen molar-refractivity contribution in [1.82, 2.24) is 5.32 Å². The molecule has 0 saturated heterocycles. The summed E-state index contributed by atoms with van der Waals surface area (Å²) in [6.07, 6.45) is 0.470. The Balaban J connectivity index is 1.77. The highest BCUT2D eigenvalue weighted by Crippen LogP contribution is 2.23. The summed E-state index contributed by atoms with van der Waals surface area (Å²) < 4.78 is 0. The van der Waals surface area contributed by atoms with Gasteiger partial charge in [-0.15, -0.1) is 0 Å². The number of carbonyl (C=O) groups excluding carboxylic acids is 1. The molecule has 0 heterocycles. The van der Waals surface area contributed by atoms with Gasteiger partial charge in [-0.25, -0.2) is 0 Å². The fourth-order valence-electron chi connectivity index (χ4n) is 2.58. The molecule has 2 N–H and O–H groups in total. The first kappa shape index (κ1) is 17.1. The molecule has 0 bridgehead atoms. The molecule has 0 aliphatic rings. The van der Waals surface area contributed by atoms with Crippen molar-refractivity contribution in [2.45, 2.75) is 39.7 Å². The van der Waals surface area contributed by atoms with Crippen molar-refractivity contribution >= 4 is 11.6 Å². The number of para-hydroxylation sites is 1. The SMILES string of the molecule is Cc1cccc(CNC(=O)CCNc2ccccc2C(C)C)c1. The molecule has 0 aromatic heterocycles. The Morgan fingerprint density at radius 2 is 1.87 bits per heavy atom. The summed E-state index contributed by atoms with van der Waals surface area (Å²) in [6.45, 7) is 7.64. The van der Waals surface area contributed by atoms with Crippen LogP contribution in [0.5, 0.6) is 0 Å². The van der Waals surface area contributed by atoms with E-state index in [9.17, 15) is 4.79 Å². The zero-order valence-corrected chi connectivity index (χ0v) is 14.2. The Morgan fingerprint density at radius 3 is 2.61 bits per heavy atom. The Hall–Kier alpha value is -2.29. The molecule has 0 radical (unpaired) electrons. The summed E-state index contributed by atoms with van der Waals surface area (Å²) in [5, 5.41) is 6.34. The predicted molar refractivity (Wildman–Crippen MR) is 96.7 cm³/mol. The quantitative estimate of drug-likeness (QED) is 0.803. The first-order valence-electron chi connectivity index (χ1n) is 8.21. The summed E-state index contributed by atoms with van der Waals surface area (Å²) in [7, 11) is 0. The molecule has 3 nitrogen and oxygen atoms in total. The number of amides is 1. The molecule has 122 valence electrons. The third kappa shape index (κ3) is 5.44. The lowest BCUT2D eigenvalue weighted by Crippen LogP contribution is -2.25. The lowest BCUT2D eigenvalue weighted by Gasteiger charge is -2.14. The summed E-state index contributed by atoms with van der Waals surface area (Å²) in [5.41, 5.74) is 4.75. The van der Waals surface area contributed by atoms with Crippen LogP contribution in [0.25, 0.3) is 0 Å². The molecule has 1 amide bonds. The Kier molecular flexibility index (Phi) is 6.21. The van der Waals surface area contributed by atoms with Crippen LogP contribution in [0, 0.1) is 6.92 Å². The maximum atomic E-state index is 12.0. The van der Waals surface area contributed by atoms with Crippen molar-refractivity contribution in [2.24, 2.45) is 0 Å². The minimum atomic E-state index is 0.0704. The molecular weight excluding hydrogens is 284 g/mol. The third-order valence-corrected chi connectivity index (χ3v) is 3.82. The van der Waals surface area contributed by atoms with Crippen LogP contribution in [0.4, 0.5) is 5.69 Å². The Bertz CT molecular complexity index is 650. The van der Waals surface area contributed by atoms with Crippen LogP contribution in [0.1, 0.15) is 42.9 Å². The van der Waals surface area contributed by atoms with Crippen molar-refractivity contribution in [3.05, 3.63) is 65.2 Å². The number of nitrogens with one attached hydrogen (secondary N) is 2. The van der Waals surface area contributed by atoms with Crippen molar-refractivity contribution in [1.29, 1.82) is 0 Å². The van der Waals surface area contributed by atoms with Gasteiger partial charge in [0.15, 0.2) is 0 Å². The van der Waals surface area contributed by atoms with Gasteiger partial charge in [-0.05, 0) is 30.0 Å². The number of hydrogen-bond acceptors (Lipinski definition) is 2. The van der Waals surface area contributed by atoms with Gasteiger partial charge in [0.1, 0.15) is 0 Å². The van der Waals surface area contributed by atoms with Crippen LogP contribution in [0.15, 0.2) is 48.5 Å². The van der Waals surface area contributed by atoms with Gasteiger partial charge >= 0.3 is 0 Å². The molecule has 0 aliphatic carbocycles. The zero-order valence-electron chi connectivity index (χ0n) is 14.2. The van der Waals surface area contributed by atoms with Gasteiger partial charge in [0, 0.05) is 25.2 Å². The minimum Gasteiger partial charge on any atom is -0.384 e. The molecule has 0 fully saturated rings. The molecule has 2 rings (SSSR count). The van der Waals surface area contributed by atoms with E-state index in [1.807, 2.05) is 18.2 Å². The Labute approximate surface area is 139 Å². The first-order chi connectivity index (χ1) is 11.1. The maximum Gasteiger partial charge on any atom is 0.222 e. The molecule has 2 aromatic carbocycles. The number of hydrogen-bond donors (Lipinski definition) is 2. The van der Waals surface area contributed by atoms with E-state index in [1.54, 1.807) is 0 Å². The van der Waals surface area contributed by atoms with E-state index in [-0.39, 0.29) is 5.91 Å². The second-order valence-corrected chi connectivity index (χ2v) is 6.18. The van der Waals surface area contributed by atoms with Crippen LogP contribution in [-0.4, -0.2) is 12.5 Å². The number of benzene rings is 2. The molecule has 0 spiro atoms. The summed E-state index contributed by atoms with van der Waals surface area (Å²) in [5.74, 6) is 0.537. The van der Waals surface area contributed by atoms with Crippen LogP contribution < -0.4 is 10.6 Å². The highest BCUT2D eigenvalue weighted by Gasteiger charge is 2.06. The number of rotatable bonds is 7. The van der Waals surface area contributed by atoms with Gasteiger partial charge in [-0.1, -0.05) is 61.9 Å². The van der Waals surface area contributed by atoms with Gasteiger partial charge in [-0.3, -0.25) is 4.79 Å². The van der Waals surface area contributed by atoms with Gasteiger partial charge in [0.05, 0.1) is 0 Å².